The van der Waals surface area contributed by atoms with E-state index in [1.807, 2.05) is 14.0 Å². The van der Waals surface area contributed by atoms with Crippen LogP contribution in [0.25, 0.3) is 0 Å². The Bertz CT molecular complexity index is 276. The third-order valence-corrected chi connectivity index (χ3v) is 3.37. The molecule has 0 bridgehead atoms. The Kier molecular flexibility index (Phi) is 7.30. The van der Waals surface area contributed by atoms with Crippen molar-refractivity contribution in [2.45, 2.75) is 32.0 Å². The SMILES string of the molecule is CC1CN(CCC(=O)N(C)CCCN)CC(CO)O1. The number of aliphatic hydroxyl groups excluding tert-OH is 1. The Morgan fingerprint density at radius 2 is 2.26 bits per heavy atom. The number of rotatable bonds is 7. The van der Waals surface area contributed by atoms with Crippen molar-refractivity contribution in [1.29, 1.82) is 0 Å². The van der Waals surface area contributed by atoms with Crippen molar-refractivity contribution in [3.8, 4) is 0 Å². The molecule has 2 atom stereocenters. The fraction of sp³-hybridized carbons (Fsp3) is 0.923. The lowest BCUT2D eigenvalue weighted by atomic mass is 10.2. The largest absolute Gasteiger partial charge is 0.394 e. The van der Waals surface area contributed by atoms with Crippen LogP contribution < -0.4 is 5.73 Å². The molecule has 0 saturated carbocycles. The minimum atomic E-state index is -0.131. The number of carbonyl (C=O) groups excluding carboxylic acids is 1. The summed E-state index contributed by atoms with van der Waals surface area (Å²) in [4.78, 5) is 15.8. The molecule has 0 aromatic rings. The molecule has 19 heavy (non-hydrogen) atoms. The summed E-state index contributed by atoms with van der Waals surface area (Å²) in [7, 11) is 1.82. The molecule has 3 N–H and O–H groups in total. The summed E-state index contributed by atoms with van der Waals surface area (Å²) in [6.07, 6.45) is 1.32. The van der Waals surface area contributed by atoms with E-state index >= 15 is 0 Å². The van der Waals surface area contributed by atoms with Crippen molar-refractivity contribution in [2.24, 2.45) is 5.73 Å². The molecule has 1 rings (SSSR count). The smallest absolute Gasteiger partial charge is 0.223 e. The zero-order chi connectivity index (χ0) is 14.3. The van der Waals surface area contributed by atoms with Crippen molar-refractivity contribution in [2.75, 3.05) is 46.4 Å². The predicted octanol–water partition coefficient (Wildman–Crippen LogP) is -0.735. The van der Waals surface area contributed by atoms with Crippen LogP contribution in [0.2, 0.25) is 0 Å². The quantitative estimate of drug-likeness (QED) is 0.639. The highest BCUT2D eigenvalue weighted by Crippen LogP contribution is 2.11. The van der Waals surface area contributed by atoms with Gasteiger partial charge >= 0.3 is 0 Å². The normalized spacial score (nSPS) is 24.4. The van der Waals surface area contributed by atoms with Gasteiger partial charge in [0.25, 0.3) is 0 Å². The van der Waals surface area contributed by atoms with E-state index in [2.05, 4.69) is 4.90 Å². The second kappa shape index (κ2) is 8.47. The number of morpholine rings is 1. The van der Waals surface area contributed by atoms with Crippen LogP contribution in [0.1, 0.15) is 19.8 Å². The van der Waals surface area contributed by atoms with Gasteiger partial charge in [-0.05, 0) is 19.9 Å². The number of nitrogens with two attached hydrogens (primary N) is 1. The molecule has 0 aromatic heterocycles. The summed E-state index contributed by atoms with van der Waals surface area (Å²) < 4.78 is 5.57. The topological polar surface area (TPSA) is 79.0 Å². The molecule has 6 heteroatoms. The Hall–Kier alpha value is -0.690. The molecule has 2 unspecified atom stereocenters. The number of carbonyl (C=O) groups is 1. The number of hydrogen-bond acceptors (Lipinski definition) is 5. The molecule has 1 aliphatic heterocycles. The van der Waals surface area contributed by atoms with Crippen LogP contribution in [0.5, 0.6) is 0 Å². The first-order valence-electron chi connectivity index (χ1n) is 6.99. The summed E-state index contributed by atoms with van der Waals surface area (Å²) in [5, 5.41) is 9.15. The van der Waals surface area contributed by atoms with Crippen molar-refractivity contribution in [3.63, 3.8) is 0 Å². The van der Waals surface area contributed by atoms with Gasteiger partial charge in [0.05, 0.1) is 18.8 Å². The average molecular weight is 273 g/mol. The van der Waals surface area contributed by atoms with Gasteiger partial charge in [-0.25, -0.2) is 0 Å². The van der Waals surface area contributed by atoms with Gasteiger partial charge in [-0.3, -0.25) is 9.69 Å². The fourth-order valence-electron chi connectivity index (χ4n) is 2.32. The van der Waals surface area contributed by atoms with E-state index in [-0.39, 0.29) is 24.7 Å². The van der Waals surface area contributed by atoms with Gasteiger partial charge in [-0.2, -0.15) is 0 Å². The van der Waals surface area contributed by atoms with E-state index in [0.29, 0.717) is 26.1 Å². The first-order valence-corrected chi connectivity index (χ1v) is 6.99. The highest BCUT2D eigenvalue weighted by Gasteiger charge is 2.25. The fourth-order valence-corrected chi connectivity index (χ4v) is 2.32. The van der Waals surface area contributed by atoms with Gasteiger partial charge in [0, 0.05) is 39.6 Å². The monoisotopic (exact) mass is 273 g/mol. The summed E-state index contributed by atoms with van der Waals surface area (Å²) in [5.74, 6) is 0.146. The van der Waals surface area contributed by atoms with Crippen molar-refractivity contribution >= 4 is 5.91 Å². The van der Waals surface area contributed by atoms with Gasteiger partial charge in [-0.15, -0.1) is 0 Å². The number of aliphatic hydroxyl groups is 1. The van der Waals surface area contributed by atoms with E-state index in [0.717, 1.165) is 19.5 Å². The summed E-state index contributed by atoms with van der Waals surface area (Å²) >= 11 is 0. The number of amides is 1. The van der Waals surface area contributed by atoms with E-state index in [9.17, 15) is 4.79 Å². The van der Waals surface area contributed by atoms with Gasteiger partial charge in [0.1, 0.15) is 0 Å². The molecule has 1 amide bonds. The summed E-state index contributed by atoms with van der Waals surface area (Å²) in [6.45, 7) is 5.58. The van der Waals surface area contributed by atoms with E-state index in [1.54, 1.807) is 4.90 Å². The molecular formula is C13H27N3O3. The Labute approximate surface area is 115 Å². The van der Waals surface area contributed by atoms with E-state index in [1.165, 1.54) is 0 Å². The lowest BCUT2D eigenvalue weighted by Crippen LogP contribution is -2.48. The van der Waals surface area contributed by atoms with Crippen LogP contribution in [0.3, 0.4) is 0 Å². The first-order chi connectivity index (χ1) is 9.06. The van der Waals surface area contributed by atoms with Gasteiger partial charge in [0.2, 0.25) is 5.91 Å². The lowest BCUT2D eigenvalue weighted by Gasteiger charge is -2.36. The van der Waals surface area contributed by atoms with Crippen LogP contribution in [0.4, 0.5) is 0 Å². The molecule has 0 radical (unpaired) electrons. The number of nitrogens with zero attached hydrogens (tertiary/aromatic N) is 2. The average Bonchev–Trinajstić information content (AvgIpc) is 2.41. The third kappa shape index (κ3) is 5.86. The third-order valence-electron chi connectivity index (χ3n) is 3.37. The molecule has 1 saturated heterocycles. The van der Waals surface area contributed by atoms with Crippen LogP contribution in [0.15, 0.2) is 0 Å². The van der Waals surface area contributed by atoms with Crippen LogP contribution >= 0.6 is 0 Å². The minimum absolute atomic E-state index is 0.0329. The minimum Gasteiger partial charge on any atom is -0.394 e. The highest BCUT2D eigenvalue weighted by molar-refractivity contribution is 5.76. The summed E-state index contributed by atoms with van der Waals surface area (Å²) in [5.41, 5.74) is 5.43. The Morgan fingerprint density at radius 1 is 1.53 bits per heavy atom. The molecule has 1 heterocycles. The van der Waals surface area contributed by atoms with Crippen molar-refractivity contribution < 1.29 is 14.6 Å². The maximum atomic E-state index is 11.9. The highest BCUT2D eigenvalue weighted by atomic mass is 16.5. The molecular weight excluding hydrogens is 246 g/mol. The number of hydrogen-bond donors (Lipinski definition) is 2. The van der Waals surface area contributed by atoms with Crippen LogP contribution in [0, 0.1) is 0 Å². The molecule has 0 spiro atoms. The Morgan fingerprint density at radius 3 is 2.89 bits per heavy atom. The number of ether oxygens (including phenoxy) is 1. The molecule has 0 aromatic carbocycles. The van der Waals surface area contributed by atoms with Crippen molar-refractivity contribution in [1.82, 2.24) is 9.80 Å². The zero-order valence-corrected chi connectivity index (χ0v) is 12.0. The maximum Gasteiger partial charge on any atom is 0.223 e. The van der Waals surface area contributed by atoms with Gasteiger partial charge in [0.15, 0.2) is 0 Å². The molecule has 6 nitrogen and oxygen atoms in total. The van der Waals surface area contributed by atoms with Crippen LogP contribution in [-0.2, 0) is 9.53 Å². The first kappa shape index (κ1) is 16.4. The van der Waals surface area contributed by atoms with E-state index in [4.69, 9.17) is 15.6 Å². The van der Waals surface area contributed by atoms with Gasteiger partial charge < -0.3 is 20.5 Å². The molecule has 1 fully saturated rings. The van der Waals surface area contributed by atoms with Gasteiger partial charge in [-0.1, -0.05) is 0 Å². The predicted molar refractivity (Wildman–Crippen MR) is 73.8 cm³/mol. The summed E-state index contributed by atoms with van der Waals surface area (Å²) in [6, 6.07) is 0. The molecule has 1 aliphatic rings. The molecule has 0 aliphatic carbocycles. The van der Waals surface area contributed by atoms with Crippen LogP contribution in [-0.4, -0.2) is 79.4 Å². The second-order valence-electron chi connectivity index (χ2n) is 5.22. The Balaban J connectivity index is 2.29. The standard InChI is InChI=1S/C13H27N3O3/c1-11-8-16(9-12(10-17)19-11)7-4-13(18)15(2)6-3-5-14/h11-12,17H,3-10,14H2,1-2H3. The lowest BCUT2D eigenvalue weighted by molar-refractivity contribution is -0.131. The maximum absolute atomic E-state index is 11.9. The van der Waals surface area contributed by atoms with Crippen molar-refractivity contribution in [3.05, 3.63) is 0 Å². The zero-order valence-electron chi connectivity index (χ0n) is 12.0. The second-order valence-corrected chi connectivity index (χ2v) is 5.22. The molecule has 112 valence electrons. The van der Waals surface area contributed by atoms with E-state index < -0.39 is 0 Å².